The first-order valence-corrected chi connectivity index (χ1v) is 6.08. The molecule has 2 unspecified atom stereocenters. The van der Waals surface area contributed by atoms with Gasteiger partial charge in [-0.05, 0) is 13.8 Å². The number of hydrogen-bond acceptors (Lipinski definition) is 4. The fourth-order valence-corrected chi connectivity index (χ4v) is 2.19. The summed E-state index contributed by atoms with van der Waals surface area (Å²) in [6.45, 7) is 5.18. The quantitative estimate of drug-likeness (QED) is 0.691. The molecule has 1 amide bonds. The highest BCUT2D eigenvalue weighted by Crippen LogP contribution is 2.09. The highest BCUT2D eigenvalue weighted by molar-refractivity contribution is 7.99. The average molecular weight is 218 g/mol. The molecule has 0 aromatic heterocycles. The van der Waals surface area contributed by atoms with Gasteiger partial charge in [-0.2, -0.15) is 0 Å². The Morgan fingerprint density at radius 2 is 2.57 bits per heavy atom. The van der Waals surface area contributed by atoms with E-state index in [1.165, 1.54) is 0 Å². The number of thioether (sulfide) groups is 1. The third-order valence-corrected chi connectivity index (χ3v) is 2.93. The van der Waals surface area contributed by atoms with Gasteiger partial charge in [0.15, 0.2) is 0 Å². The molecule has 82 valence electrons. The highest BCUT2D eigenvalue weighted by Gasteiger charge is 2.23. The van der Waals surface area contributed by atoms with E-state index in [-0.39, 0.29) is 18.0 Å². The third kappa shape index (κ3) is 3.86. The van der Waals surface area contributed by atoms with E-state index in [2.05, 4.69) is 10.6 Å². The first-order chi connectivity index (χ1) is 6.74. The summed E-state index contributed by atoms with van der Waals surface area (Å²) in [5.74, 6) is 1.83. The summed E-state index contributed by atoms with van der Waals surface area (Å²) in [6, 6.07) is 0.0685. The van der Waals surface area contributed by atoms with Gasteiger partial charge in [0.25, 0.3) is 0 Å². The molecule has 0 radical (unpaired) electrons. The third-order valence-electron chi connectivity index (χ3n) is 1.99. The molecular formula is C9H18N2O2S. The van der Waals surface area contributed by atoms with Crippen LogP contribution in [0, 0.1) is 0 Å². The predicted octanol–water partition coefficient (Wildman–Crippen LogP) is 0.190. The molecule has 1 aliphatic heterocycles. The number of carbonyl (C=O) groups excluding carboxylic acids is 1. The minimum Gasteiger partial charge on any atom is -0.380 e. The second kappa shape index (κ2) is 6.27. The van der Waals surface area contributed by atoms with E-state index >= 15 is 0 Å². The average Bonchev–Trinajstić information content (AvgIpc) is 2.67. The SMILES string of the molecule is CCOCC(C)NC(=O)C1CSCN1. The zero-order chi connectivity index (χ0) is 10.4. The zero-order valence-corrected chi connectivity index (χ0v) is 9.52. The Kier molecular flexibility index (Phi) is 5.29. The van der Waals surface area contributed by atoms with Crippen LogP contribution in [0.2, 0.25) is 0 Å². The van der Waals surface area contributed by atoms with Gasteiger partial charge in [0.05, 0.1) is 12.6 Å². The molecule has 1 heterocycles. The van der Waals surface area contributed by atoms with Gasteiger partial charge in [-0.3, -0.25) is 10.1 Å². The smallest absolute Gasteiger partial charge is 0.238 e. The van der Waals surface area contributed by atoms with Crippen molar-refractivity contribution in [3.8, 4) is 0 Å². The van der Waals surface area contributed by atoms with Crippen molar-refractivity contribution in [2.45, 2.75) is 25.9 Å². The van der Waals surface area contributed by atoms with Crippen LogP contribution in [0.1, 0.15) is 13.8 Å². The summed E-state index contributed by atoms with van der Waals surface area (Å²) in [5.41, 5.74) is 0. The van der Waals surface area contributed by atoms with Crippen LogP contribution in [0.4, 0.5) is 0 Å². The Bertz CT molecular complexity index is 184. The van der Waals surface area contributed by atoms with Crippen LogP contribution in [-0.4, -0.2) is 42.8 Å². The molecule has 4 nitrogen and oxygen atoms in total. The van der Waals surface area contributed by atoms with Crippen molar-refractivity contribution >= 4 is 17.7 Å². The predicted molar refractivity (Wildman–Crippen MR) is 58.3 cm³/mol. The molecule has 0 aromatic carbocycles. The van der Waals surface area contributed by atoms with Gasteiger partial charge in [0.2, 0.25) is 5.91 Å². The maximum absolute atomic E-state index is 11.6. The van der Waals surface area contributed by atoms with E-state index in [1.54, 1.807) is 11.8 Å². The van der Waals surface area contributed by atoms with Gasteiger partial charge in [0, 0.05) is 24.3 Å². The number of carbonyl (C=O) groups is 1. The van der Waals surface area contributed by atoms with E-state index in [4.69, 9.17) is 4.74 Å². The van der Waals surface area contributed by atoms with E-state index in [1.807, 2.05) is 13.8 Å². The Morgan fingerprint density at radius 3 is 3.14 bits per heavy atom. The lowest BCUT2D eigenvalue weighted by molar-refractivity contribution is -0.123. The molecule has 0 aliphatic carbocycles. The largest absolute Gasteiger partial charge is 0.380 e. The number of rotatable bonds is 5. The molecule has 0 aromatic rings. The van der Waals surface area contributed by atoms with Crippen molar-refractivity contribution in [2.24, 2.45) is 0 Å². The van der Waals surface area contributed by atoms with Gasteiger partial charge in [-0.25, -0.2) is 0 Å². The summed E-state index contributed by atoms with van der Waals surface area (Å²) in [5, 5.41) is 6.04. The topological polar surface area (TPSA) is 50.4 Å². The van der Waals surface area contributed by atoms with Crippen LogP contribution in [-0.2, 0) is 9.53 Å². The molecular weight excluding hydrogens is 200 g/mol. The summed E-state index contributed by atoms with van der Waals surface area (Å²) >= 11 is 1.75. The standard InChI is InChI=1S/C9H18N2O2S/c1-3-13-4-7(2)11-9(12)8-5-14-6-10-8/h7-8,10H,3-6H2,1-2H3,(H,11,12). The van der Waals surface area contributed by atoms with Crippen molar-refractivity contribution in [3.63, 3.8) is 0 Å². The van der Waals surface area contributed by atoms with Gasteiger partial charge >= 0.3 is 0 Å². The van der Waals surface area contributed by atoms with Crippen LogP contribution in [0.5, 0.6) is 0 Å². The van der Waals surface area contributed by atoms with Gasteiger partial charge in [-0.15, -0.1) is 11.8 Å². The summed E-state index contributed by atoms with van der Waals surface area (Å²) in [6.07, 6.45) is 0. The number of nitrogens with one attached hydrogen (secondary N) is 2. The molecule has 1 rings (SSSR count). The lowest BCUT2D eigenvalue weighted by atomic mass is 10.3. The molecule has 1 saturated heterocycles. The van der Waals surface area contributed by atoms with Gasteiger partial charge < -0.3 is 10.1 Å². The summed E-state index contributed by atoms with van der Waals surface area (Å²) < 4.78 is 5.22. The van der Waals surface area contributed by atoms with Gasteiger partial charge in [0.1, 0.15) is 0 Å². The Labute approximate surface area is 89.2 Å². The fraction of sp³-hybridized carbons (Fsp3) is 0.889. The van der Waals surface area contributed by atoms with E-state index < -0.39 is 0 Å². The molecule has 1 fully saturated rings. The zero-order valence-electron chi connectivity index (χ0n) is 8.71. The Balaban J connectivity index is 2.18. The lowest BCUT2D eigenvalue weighted by Crippen LogP contribution is -2.46. The van der Waals surface area contributed by atoms with Crippen LogP contribution in [0.3, 0.4) is 0 Å². The maximum Gasteiger partial charge on any atom is 0.238 e. The second-order valence-electron chi connectivity index (χ2n) is 3.34. The number of hydrogen-bond donors (Lipinski definition) is 2. The van der Waals surface area contributed by atoms with E-state index in [9.17, 15) is 4.79 Å². The van der Waals surface area contributed by atoms with Crippen molar-refractivity contribution < 1.29 is 9.53 Å². The molecule has 2 atom stereocenters. The van der Waals surface area contributed by atoms with Gasteiger partial charge in [-0.1, -0.05) is 0 Å². The normalized spacial score (nSPS) is 23.4. The van der Waals surface area contributed by atoms with E-state index in [0.29, 0.717) is 13.2 Å². The molecule has 2 N–H and O–H groups in total. The van der Waals surface area contributed by atoms with Crippen LogP contribution in [0.15, 0.2) is 0 Å². The monoisotopic (exact) mass is 218 g/mol. The van der Waals surface area contributed by atoms with Crippen LogP contribution in [0.25, 0.3) is 0 Å². The number of ether oxygens (including phenoxy) is 1. The molecule has 0 saturated carbocycles. The Morgan fingerprint density at radius 1 is 1.79 bits per heavy atom. The molecule has 0 bridgehead atoms. The molecule has 1 aliphatic rings. The Hall–Kier alpha value is -0.260. The van der Waals surface area contributed by atoms with Crippen molar-refractivity contribution in [1.82, 2.24) is 10.6 Å². The van der Waals surface area contributed by atoms with Crippen molar-refractivity contribution in [2.75, 3.05) is 24.8 Å². The minimum absolute atomic E-state index is 0.0240. The molecule has 14 heavy (non-hydrogen) atoms. The fourth-order valence-electron chi connectivity index (χ4n) is 1.24. The van der Waals surface area contributed by atoms with Crippen LogP contribution < -0.4 is 10.6 Å². The first kappa shape index (κ1) is 11.8. The summed E-state index contributed by atoms with van der Waals surface area (Å²) in [4.78, 5) is 11.6. The minimum atomic E-state index is -0.0240. The molecule has 5 heteroatoms. The van der Waals surface area contributed by atoms with E-state index in [0.717, 1.165) is 11.6 Å². The first-order valence-electron chi connectivity index (χ1n) is 4.93. The maximum atomic E-state index is 11.6. The number of amides is 1. The molecule has 0 spiro atoms. The summed E-state index contributed by atoms with van der Waals surface area (Å²) in [7, 11) is 0. The van der Waals surface area contributed by atoms with Crippen molar-refractivity contribution in [1.29, 1.82) is 0 Å². The van der Waals surface area contributed by atoms with Crippen molar-refractivity contribution in [3.05, 3.63) is 0 Å². The lowest BCUT2D eigenvalue weighted by Gasteiger charge is -2.16. The second-order valence-corrected chi connectivity index (χ2v) is 4.37. The van der Waals surface area contributed by atoms with Crippen LogP contribution >= 0.6 is 11.8 Å². The highest BCUT2D eigenvalue weighted by atomic mass is 32.2.